The van der Waals surface area contributed by atoms with Crippen molar-refractivity contribution >= 4 is 17.4 Å². The predicted octanol–water partition coefficient (Wildman–Crippen LogP) is 3.35. The predicted molar refractivity (Wildman–Crippen MR) is 117 cm³/mol. The number of morpholine rings is 1. The number of ketones is 1. The van der Waals surface area contributed by atoms with Gasteiger partial charge >= 0.3 is 0 Å². The Balaban J connectivity index is 1.42. The number of carbonyl (C=O) groups excluding carboxylic acids is 2. The Hall–Kier alpha value is -2.54. The number of benzene rings is 2. The van der Waals surface area contributed by atoms with E-state index in [9.17, 15) is 14.7 Å². The van der Waals surface area contributed by atoms with Crippen molar-refractivity contribution in [3.05, 3.63) is 65.2 Å². The van der Waals surface area contributed by atoms with Gasteiger partial charge in [-0.25, -0.2) is 0 Å². The zero-order valence-electron chi connectivity index (χ0n) is 17.5. The van der Waals surface area contributed by atoms with Gasteiger partial charge in [-0.3, -0.25) is 14.5 Å². The number of Topliss-reactive ketones (excluding diaryl/α,β-unsaturated/α-hetero) is 1. The number of nitrogens with zero attached hydrogens (tertiary/aromatic N) is 1. The van der Waals surface area contributed by atoms with Gasteiger partial charge in [0.1, 0.15) is 0 Å². The van der Waals surface area contributed by atoms with E-state index in [-0.39, 0.29) is 24.5 Å². The van der Waals surface area contributed by atoms with Crippen molar-refractivity contribution in [1.29, 1.82) is 0 Å². The third kappa shape index (κ3) is 6.76. The number of hydrogen-bond acceptors (Lipinski definition) is 5. The Morgan fingerprint density at radius 1 is 1.03 bits per heavy atom. The van der Waals surface area contributed by atoms with Gasteiger partial charge in [-0.1, -0.05) is 42.0 Å². The lowest BCUT2D eigenvalue weighted by atomic mass is 10.0. The molecule has 6 heteroatoms. The summed E-state index contributed by atoms with van der Waals surface area (Å²) in [6.45, 7) is 6.12. The summed E-state index contributed by atoms with van der Waals surface area (Å²) in [5.74, 6) is -0.236. The molecule has 6 nitrogen and oxygen atoms in total. The van der Waals surface area contributed by atoms with Crippen LogP contribution in [0, 0.1) is 6.92 Å². The Kier molecular flexibility index (Phi) is 8.13. The molecular formula is C24H30N2O4. The van der Waals surface area contributed by atoms with E-state index in [4.69, 9.17) is 4.74 Å². The summed E-state index contributed by atoms with van der Waals surface area (Å²) < 4.78 is 5.34. The molecule has 1 heterocycles. The molecule has 0 saturated carbocycles. The van der Waals surface area contributed by atoms with Crippen LogP contribution >= 0.6 is 0 Å². The Morgan fingerprint density at radius 2 is 1.70 bits per heavy atom. The number of nitrogens with one attached hydrogen (secondary N) is 1. The van der Waals surface area contributed by atoms with E-state index < -0.39 is 6.10 Å². The number of rotatable bonds is 9. The van der Waals surface area contributed by atoms with Gasteiger partial charge in [-0.15, -0.1) is 0 Å². The molecule has 1 amide bonds. The molecule has 1 aliphatic heterocycles. The highest BCUT2D eigenvalue weighted by Gasteiger charge is 2.14. The van der Waals surface area contributed by atoms with E-state index in [0.717, 1.165) is 44.0 Å². The maximum atomic E-state index is 12.2. The lowest BCUT2D eigenvalue weighted by Crippen LogP contribution is -2.37. The second kappa shape index (κ2) is 11.0. The van der Waals surface area contributed by atoms with Crippen molar-refractivity contribution in [2.45, 2.75) is 32.3 Å². The molecule has 0 radical (unpaired) electrons. The summed E-state index contributed by atoms with van der Waals surface area (Å²) >= 11 is 0. The first-order valence-corrected chi connectivity index (χ1v) is 10.5. The van der Waals surface area contributed by atoms with Gasteiger partial charge in [0.2, 0.25) is 5.91 Å². The Morgan fingerprint density at radius 3 is 2.37 bits per heavy atom. The molecule has 1 atom stereocenters. The van der Waals surface area contributed by atoms with E-state index in [2.05, 4.69) is 10.2 Å². The summed E-state index contributed by atoms with van der Waals surface area (Å²) in [5, 5.41) is 13.2. The van der Waals surface area contributed by atoms with Gasteiger partial charge in [-0.2, -0.15) is 0 Å². The topological polar surface area (TPSA) is 78.9 Å². The highest BCUT2D eigenvalue weighted by molar-refractivity contribution is 6.00. The van der Waals surface area contributed by atoms with E-state index in [1.54, 1.807) is 24.3 Å². The molecule has 30 heavy (non-hydrogen) atoms. The number of anilines is 1. The minimum absolute atomic E-state index is 0.0381. The number of aliphatic hydroxyl groups excluding tert-OH is 1. The van der Waals surface area contributed by atoms with Crippen molar-refractivity contribution in [2.24, 2.45) is 0 Å². The minimum atomic E-state index is -0.537. The molecule has 1 unspecified atom stereocenters. The molecule has 0 aliphatic carbocycles. The third-order valence-corrected chi connectivity index (χ3v) is 5.35. The fourth-order valence-electron chi connectivity index (χ4n) is 3.42. The Labute approximate surface area is 177 Å². The zero-order chi connectivity index (χ0) is 21.3. The molecule has 0 bridgehead atoms. The first-order chi connectivity index (χ1) is 14.5. The molecule has 2 aromatic rings. The minimum Gasteiger partial charge on any atom is -0.388 e. The van der Waals surface area contributed by atoms with E-state index in [1.165, 1.54) is 0 Å². The number of amides is 1. The molecule has 1 fully saturated rings. The lowest BCUT2D eigenvalue weighted by molar-refractivity contribution is -0.116. The molecule has 160 valence electrons. The van der Waals surface area contributed by atoms with Gasteiger partial charge in [0, 0.05) is 43.7 Å². The molecule has 2 aromatic carbocycles. The van der Waals surface area contributed by atoms with Crippen molar-refractivity contribution in [3.8, 4) is 0 Å². The number of carbonyl (C=O) groups is 2. The zero-order valence-corrected chi connectivity index (χ0v) is 17.5. The second-order valence-corrected chi connectivity index (χ2v) is 7.72. The van der Waals surface area contributed by atoms with Crippen LogP contribution < -0.4 is 5.32 Å². The Bertz CT molecular complexity index is 827. The number of aliphatic hydroxyl groups is 1. The normalized spacial score (nSPS) is 15.5. The van der Waals surface area contributed by atoms with Crippen molar-refractivity contribution < 1.29 is 19.4 Å². The van der Waals surface area contributed by atoms with Gasteiger partial charge in [0.15, 0.2) is 5.78 Å². The first kappa shape index (κ1) is 22.2. The van der Waals surface area contributed by atoms with E-state index >= 15 is 0 Å². The van der Waals surface area contributed by atoms with Crippen LogP contribution in [-0.4, -0.2) is 54.5 Å². The van der Waals surface area contributed by atoms with Gasteiger partial charge < -0.3 is 15.2 Å². The average Bonchev–Trinajstić information content (AvgIpc) is 2.77. The fraction of sp³-hybridized carbons (Fsp3) is 0.417. The van der Waals surface area contributed by atoms with Crippen LogP contribution in [-0.2, 0) is 9.53 Å². The second-order valence-electron chi connectivity index (χ2n) is 7.72. The molecule has 1 aliphatic rings. The van der Waals surface area contributed by atoms with Gasteiger partial charge in [-0.05, 0) is 31.0 Å². The highest BCUT2D eigenvalue weighted by atomic mass is 16.5. The van der Waals surface area contributed by atoms with E-state index in [0.29, 0.717) is 17.7 Å². The molecule has 3 rings (SSSR count). The van der Waals surface area contributed by atoms with Crippen LogP contribution in [0.1, 0.15) is 46.9 Å². The molecule has 2 N–H and O–H groups in total. The highest BCUT2D eigenvalue weighted by Crippen LogP contribution is 2.20. The summed E-state index contributed by atoms with van der Waals surface area (Å²) in [6, 6.07) is 14.6. The van der Waals surface area contributed by atoms with E-state index in [1.807, 2.05) is 31.2 Å². The quantitative estimate of drug-likeness (QED) is 0.620. The summed E-state index contributed by atoms with van der Waals surface area (Å²) in [4.78, 5) is 26.7. The first-order valence-electron chi connectivity index (χ1n) is 10.5. The van der Waals surface area contributed by atoms with Crippen LogP contribution in [0.15, 0.2) is 48.5 Å². The maximum absolute atomic E-state index is 12.2. The number of ether oxygens (including phenoxy) is 1. The molecule has 1 saturated heterocycles. The van der Waals surface area contributed by atoms with Crippen molar-refractivity contribution in [2.75, 3.05) is 38.2 Å². The summed E-state index contributed by atoms with van der Waals surface area (Å²) in [7, 11) is 0. The largest absolute Gasteiger partial charge is 0.388 e. The number of aryl methyl sites for hydroxylation is 1. The van der Waals surface area contributed by atoms with Crippen molar-refractivity contribution in [1.82, 2.24) is 4.90 Å². The smallest absolute Gasteiger partial charge is 0.224 e. The summed E-state index contributed by atoms with van der Waals surface area (Å²) in [6.07, 6.45) is 0.432. The number of hydrogen-bond donors (Lipinski definition) is 2. The molecular weight excluding hydrogens is 380 g/mol. The third-order valence-electron chi connectivity index (χ3n) is 5.35. The monoisotopic (exact) mass is 410 g/mol. The van der Waals surface area contributed by atoms with Gasteiger partial charge in [0.05, 0.1) is 19.3 Å². The fourth-order valence-corrected chi connectivity index (χ4v) is 3.42. The maximum Gasteiger partial charge on any atom is 0.224 e. The van der Waals surface area contributed by atoms with Crippen LogP contribution in [0.5, 0.6) is 0 Å². The average molecular weight is 411 g/mol. The lowest BCUT2D eigenvalue weighted by Gasteiger charge is -2.27. The van der Waals surface area contributed by atoms with Gasteiger partial charge in [0.25, 0.3) is 0 Å². The molecule has 0 aromatic heterocycles. The summed E-state index contributed by atoms with van der Waals surface area (Å²) in [5.41, 5.74) is 3.21. The SMILES string of the molecule is Cc1ccc(C(=O)CCC(=O)Nc2ccc(C(O)CCN3CCOCC3)cc2)cc1. The van der Waals surface area contributed by atoms with Crippen molar-refractivity contribution in [3.63, 3.8) is 0 Å². The van der Waals surface area contributed by atoms with Crippen LogP contribution in [0.2, 0.25) is 0 Å². The van der Waals surface area contributed by atoms with Crippen LogP contribution in [0.3, 0.4) is 0 Å². The van der Waals surface area contributed by atoms with Crippen LogP contribution in [0.4, 0.5) is 5.69 Å². The standard InChI is InChI=1S/C24H30N2O4/c1-18-2-4-19(5-3-18)22(27)10-11-24(29)25-21-8-6-20(7-9-21)23(28)12-13-26-14-16-30-17-15-26/h2-9,23,28H,10-17H2,1H3,(H,25,29). The van der Waals surface area contributed by atoms with Crippen LogP contribution in [0.25, 0.3) is 0 Å². The molecule has 0 spiro atoms.